The molecule has 0 fully saturated rings. The van der Waals surface area contributed by atoms with Gasteiger partial charge in [0, 0.05) is 12.1 Å². The van der Waals surface area contributed by atoms with Gasteiger partial charge in [0.2, 0.25) is 17.3 Å². The fourth-order valence-corrected chi connectivity index (χ4v) is 2.07. The van der Waals surface area contributed by atoms with Crippen LogP contribution in [0.25, 0.3) is 4.85 Å². The minimum Gasteiger partial charge on any atom is -0.450 e. The van der Waals surface area contributed by atoms with E-state index in [2.05, 4.69) is 4.85 Å². The maximum absolute atomic E-state index is 14.1. The van der Waals surface area contributed by atoms with Gasteiger partial charge in [-0.3, -0.25) is 10.1 Å². The molecule has 2 rings (SSSR count). The smallest absolute Gasteiger partial charge is 0.336 e. The Balaban J connectivity index is 2.48. The first-order valence-electron chi connectivity index (χ1n) is 6.69. The molecular formula is C16H14FN3O3. The third-order valence-electron chi connectivity index (χ3n) is 3.04. The Morgan fingerprint density at radius 3 is 2.57 bits per heavy atom. The summed E-state index contributed by atoms with van der Waals surface area (Å²) in [5, 5.41) is 11.1. The van der Waals surface area contributed by atoms with Gasteiger partial charge in [-0.25, -0.2) is 9.24 Å². The molecule has 2 aromatic rings. The molecule has 0 aromatic heterocycles. The second kappa shape index (κ2) is 6.85. The van der Waals surface area contributed by atoms with E-state index < -0.39 is 22.1 Å². The van der Waals surface area contributed by atoms with Crippen LogP contribution in [0.3, 0.4) is 0 Å². The lowest BCUT2D eigenvalue weighted by atomic mass is 10.2. The maximum Gasteiger partial charge on any atom is 0.336 e. The molecule has 23 heavy (non-hydrogen) atoms. The summed E-state index contributed by atoms with van der Waals surface area (Å²) in [5.41, 5.74) is -0.440. The van der Waals surface area contributed by atoms with Crippen molar-refractivity contribution in [3.8, 4) is 11.5 Å². The SMILES string of the molecule is [C-]#[N+]c1ccc(Oc2ccccc2CN(C)C)c([N+](=O)[O-])c1F. The molecule has 0 N–H and O–H groups in total. The van der Waals surface area contributed by atoms with Crippen LogP contribution in [0.5, 0.6) is 11.5 Å². The second-order valence-corrected chi connectivity index (χ2v) is 5.06. The van der Waals surface area contributed by atoms with Gasteiger partial charge in [-0.1, -0.05) is 18.2 Å². The average Bonchev–Trinajstić information content (AvgIpc) is 2.48. The van der Waals surface area contributed by atoms with Crippen molar-refractivity contribution in [2.45, 2.75) is 6.54 Å². The Bertz CT molecular complexity index is 785. The van der Waals surface area contributed by atoms with E-state index in [1.165, 1.54) is 12.1 Å². The highest BCUT2D eigenvalue weighted by molar-refractivity contribution is 5.61. The summed E-state index contributed by atoms with van der Waals surface area (Å²) in [6.45, 7) is 7.40. The predicted octanol–water partition coefficient (Wildman–Crippen LogP) is 4.14. The van der Waals surface area contributed by atoms with Crippen LogP contribution in [-0.2, 0) is 6.54 Å². The lowest BCUT2D eigenvalue weighted by Crippen LogP contribution is -2.11. The average molecular weight is 315 g/mol. The first-order valence-corrected chi connectivity index (χ1v) is 6.69. The van der Waals surface area contributed by atoms with Gasteiger partial charge < -0.3 is 9.64 Å². The number of ether oxygens (including phenoxy) is 1. The highest BCUT2D eigenvalue weighted by Crippen LogP contribution is 2.39. The molecule has 0 radical (unpaired) electrons. The predicted molar refractivity (Wildman–Crippen MR) is 83.2 cm³/mol. The summed E-state index contributed by atoms with van der Waals surface area (Å²) >= 11 is 0. The zero-order valence-electron chi connectivity index (χ0n) is 12.6. The molecule has 2 aromatic carbocycles. The van der Waals surface area contributed by atoms with Crippen molar-refractivity contribution < 1.29 is 14.1 Å². The third-order valence-corrected chi connectivity index (χ3v) is 3.04. The molecule has 7 heteroatoms. The maximum atomic E-state index is 14.1. The molecule has 0 unspecified atom stereocenters. The fourth-order valence-electron chi connectivity index (χ4n) is 2.07. The number of hydrogen-bond donors (Lipinski definition) is 0. The second-order valence-electron chi connectivity index (χ2n) is 5.06. The lowest BCUT2D eigenvalue weighted by Gasteiger charge is -2.15. The monoisotopic (exact) mass is 315 g/mol. The third kappa shape index (κ3) is 3.62. The number of halogens is 1. The van der Waals surface area contributed by atoms with Crippen molar-refractivity contribution in [3.05, 3.63) is 69.3 Å². The van der Waals surface area contributed by atoms with E-state index in [9.17, 15) is 14.5 Å². The molecule has 118 valence electrons. The van der Waals surface area contributed by atoms with Gasteiger partial charge in [-0.15, -0.1) is 0 Å². The van der Waals surface area contributed by atoms with Gasteiger partial charge in [0.1, 0.15) is 5.75 Å². The molecule has 0 heterocycles. The van der Waals surface area contributed by atoms with Crippen LogP contribution in [0.15, 0.2) is 36.4 Å². The molecule has 0 bridgehead atoms. The Morgan fingerprint density at radius 2 is 1.96 bits per heavy atom. The Kier molecular flexibility index (Phi) is 4.88. The topological polar surface area (TPSA) is 60.0 Å². The molecule has 6 nitrogen and oxygen atoms in total. The number of rotatable bonds is 5. The molecule has 0 atom stereocenters. The van der Waals surface area contributed by atoms with Gasteiger partial charge in [0.25, 0.3) is 0 Å². The van der Waals surface area contributed by atoms with Gasteiger partial charge in [-0.05, 0) is 32.3 Å². The quantitative estimate of drug-likeness (QED) is 0.473. The van der Waals surface area contributed by atoms with Crippen LogP contribution in [0.4, 0.5) is 15.8 Å². The summed E-state index contributed by atoms with van der Waals surface area (Å²) in [6, 6.07) is 9.43. The van der Waals surface area contributed by atoms with Crippen molar-refractivity contribution >= 4 is 11.4 Å². The molecule has 0 aliphatic carbocycles. The number of nitro benzene ring substituents is 1. The first kappa shape index (κ1) is 16.4. The molecular weight excluding hydrogens is 301 g/mol. The van der Waals surface area contributed by atoms with Crippen molar-refractivity contribution in [2.75, 3.05) is 14.1 Å². The molecule has 0 aliphatic heterocycles. The van der Waals surface area contributed by atoms with E-state index in [0.29, 0.717) is 12.3 Å². The highest BCUT2D eigenvalue weighted by atomic mass is 19.1. The van der Waals surface area contributed by atoms with Crippen LogP contribution < -0.4 is 4.74 Å². The van der Waals surface area contributed by atoms with E-state index in [1.54, 1.807) is 12.1 Å². The number of nitrogens with zero attached hydrogens (tertiary/aromatic N) is 3. The number of hydrogen-bond acceptors (Lipinski definition) is 4. The van der Waals surface area contributed by atoms with E-state index in [4.69, 9.17) is 11.3 Å². The summed E-state index contributed by atoms with van der Waals surface area (Å²) in [5.74, 6) is -1.02. The summed E-state index contributed by atoms with van der Waals surface area (Å²) in [4.78, 5) is 15.1. The number of nitro groups is 1. The normalized spacial score (nSPS) is 10.4. The molecule has 0 amide bonds. The summed E-state index contributed by atoms with van der Waals surface area (Å²) in [6.07, 6.45) is 0. The van der Waals surface area contributed by atoms with E-state index in [1.807, 2.05) is 31.1 Å². The Hall–Kier alpha value is -2.98. The van der Waals surface area contributed by atoms with E-state index in [0.717, 1.165) is 5.56 Å². The standard InChI is InChI=1S/C16H14FN3O3/c1-18-12-8-9-14(16(15(12)17)20(21)22)23-13-7-5-4-6-11(13)10-19(2)3/h4-9H,10H2,2-3H3. The van der Waals surface area contributed by atoms with Gasteiger partial charge >= 0.3 is 5.69 Å². The Morgan fingerprint density at radius 1 is 1.26 bits per heavy atom. The van der Waals surface area contributed by atoms with E-state index >= 15 is 0 Å². The molecule has 0 spiro atoms. The van der Waals surface area contributed by atoms with Crippen molar-refractivity contribution in [1.29, 1.82) is 0 Å². The van der Waals surface area contributed by atoms with Crippen molar-refractivity contribution in [1.82, 2.24) is 4.90 Å². The molecule has 0 saturated carbocycles. The van der Waals surface area contributed by atoms with Gasteiger partial charge in [0.15, 0.2) is 0 Å². The minimum absolute atomic E-state index is 0.230. The van der Waals surface area contributed by atoms with Crippen LogP contribution in [-0.4, -0.2) is 23.9 Å². The van der Waals surface area contributed by atoms with Crippen LogP contribution in [0.2, 0.25) is 0 Å². The highest BCUT2D eigenvalue weighted by Gasteiger charge is 2.25. The minimum atomic E-state index is -1.19. The number of benzene rings is 2. The van der Waals surface area contributed by atoms with Crippen LogP contribution in [0.1, 0.15) is 5.56 Å². The number of para-hydroxylation sites is 1. The van der Waals surface area contributed by atoms with Gasteiger partial charge in [0.05, 0.1) is 11.5 Å². The first-order chi connectivity index (χ1) is 10.9. The van der Waals surface area contributed by atoms with Crippen LogP contribution >= 0.6 is 0 Å². The summed E-state index contributed by atoms with van der Waals surface area (Å²) < 4.78 is 19.6. The zero-order chi connectivity index (χ0) is 17.0. The van der Waals surface area contributed by atoms with E-state index in [-0.39, 0.29) is 5.75 Å². The van der Waals surface area contributed by atoms with Crippen molar-refractivity contribution in [3.63, 3.8) is 0 Å². The fraction of sp³-hybridized carbons (Fsp3) is 0.188. The lowest BCUT2D eigenvalue weighted by molar-refractivity contribution is -0.388. The largest absolute Gasteiger partial charge is 0.450 e. The van der Waals surface area contributed by atoms with Gasteiger partial charge in [-0.2, -0.15) is 0 Å². The van der Waals surface area contributed by atoms with Crippen LogP contribution in [0, 0.1) is 22.5 Å². The molecule has 0 saturated heterocycles. The summed E-state index contributed by atoms with van der Waals surface area (Å²) in [7, 11) is 3.76. The molecule has 0 aliphatic rings. The zero-order valence-corrected chi connectivity index (χ0v) is 12.6. The van der Waals surface area contributed by atoms with Crippen molar-refractivity contribution in [2.24, 2.45) is 0 Å². The Labute approximate surface area is 132 Å².